The Morgan fingerprint density at radius 1 is 1.19 bits per heavy atom. The second-order valence-corrected chi connectivity index (χ2v) is 6.29. The molecular formula is C17H24N2O2. The van der Waals surface area contributed by atoms with Crippen LogP contribution in [0.5, 0.6) is 0 Å². The van der Waals surface area contributed by atoms with Gasteiger partial charge in [0, 0.05) is 26.2 Å². The number of rotatable bonds is 2. The summed E-state index contributed by atoms with van der Waals surface area (Å²) in [5.74, 6) is 0.241. The van der Waals surface area contributed by atoms with Crippen molar-refractivity contribution < 1.29 is 9.53 Å². The molecule has 3 rings (SSSR count). The van der Waals surface area contributed by atoms with E-state index in [1.54, 1.807) is 0 Å². The molecule has 1 aromatic carbocycles. The SMILES string of the molecule is CC1CN(CC(=O)N2CCc3ccccc3C2)CC(C)O1. The summed E-state index contributed by atoms with van der Waals surface area (Å²) in [5, 5.41) is 0. The number of amides is 1. The maximum Gasteiger partial charge on any atom is 0.237 e. The molecule has 0 radical (unpaired) electrons. The van der Waals surface area contributed by atoms with Crippen LogP contribution in [0.15, 0.2) is 24.3 Å². The fourth-order valence-electron chi connectivity index (χ4n) is 3.41. The van der Waals surface area contributed by atoms with Crippen LogP contribution < -0.4 is 0 Å². The number of benzene rings is 1. The molecule has 1 saturated heterocycles. The number of hydrogen-bond donors (Lipinski definition) is 0. The lowest BCUT2D eigenvalue weighted by atomic mass is 10.00. The molecule has 0 bridgehead atoms. The molecule has 0 saturated carbocycles. The minimum Gasteiger partial charge on any atom is -0.373 e. The number of nitrogens with zero attached hydrogens (tertiary/aromatic N) is 2. The number of hydrogen-bond acceptors (Lipinski definition) is 3. The van der Waals surface area contributed by atoms with E-state index in [0.29, 0.717) is 6.54 Å². The maximum absolute atomic E-state index is 12.5. The monoisotopic (exact) mass is 288 g/mol. The van der Waals surface area contributed by atoms with Crippen LogP contribution in [0.25, 0.3) is 0 Å². The van der Waals surface area contributed by atoms with Crippen LogP contribution in [0.3, 0.4) is 0 Å². The highest BCUT2D eigenvalue weighted by Crippen LogP contribution is 2.19. The number of carbonyl (C=O) groups is 1. The molecule has 2 aliphatic heterocycles. The van der Waals surface area contributed by atoms with Gasteiger partial charge in [0.05, 0.1) is 18.8 Å². The summed E-state index contributed by atoms with van der Waals surface area (Å²) < 4.78 is 5.72. The molecule has 114 valence electrons. The van der Waals surface area contributed by atoms with E-state index in [2.05, 4.69) is 43.0 Å². The smallest absolute Gasteiger partial charge is 0.237 e. The van der Waals surface area contributed by atoms with Gasteiger partial charge < -0.3 is 9.64 Å². The zero-order chi connectivity index (χ0) is 14.8. The molecule has 0 aromatic heterocycles. The van der Waals surface area contributed by atoms with E-state index in [1.807, 2.05) is 4.90 Å². The van der Waals surface area contributed by atoms with Gasteiger partial charge in [-0.05, 0) is 31.4 Å². The third-order valence-electron chi connectivity index (χ3n) is 4.34. The molecule has 1 amide bonds. The summed E-state index contributed by atoms with van der Waals surface area (Å²) in [6.07, 6.45) is 1.39. The Hall–Kier alpha value is -1.39. The van der Waals surface area contributed by atoms with E-state index in [9.17, 15) is 4.79 Å². The largest absolute Gasteiger partial charge is 0.373 e. The van der Waals surface area contributed by atoms with Gasteiger partial charge in [-0.25, -0.2) is 0 Å². The van der Waals surface area contributed by atoms with E-state index >= 15 is 0 Å². The zero-order valence-corrected chi connectivity index (χ0v) is 12.9. The minimum atomic E-state index is 0.212. The number of ether oxygens (including phenoxy) is 1. The fourth-order valence-corrected chi connectivity index (χ4v) is 3.41. The predicted molar refractivity (Wildman–Crippen MR) is 82.0 cm³/mol. The van der Waals surface area contributed by atoms with Gasteiger partial charge in [0.15, 0.2) is 0 Å². The van der Waals surface area contributed by atoms with Crippen molar-refractivity contribution in [3.8, 4) is 0 Å². The van der Waals surface area contributed by atoms with Crippen LogP contribution in [0.4, 0.5) is 0 Å². The molecule has 0 N–H and O–H groups in total. The highest BCUT2D eigenvalue weighted by Gasteiger charge is 2.26. The lowest BCUT2D eigenvalue weighted by Crippen LogP contribution is -2.50. The molecule has 4 heteroatoms. The molecule has 0 spiro atoms. The van der Waals surface area contributed by atoms with Gasteiger partial charge >= 0.3 is 0 Å². The van der Waals surface area contributed by atoms with Gasteiger partial charge in [-0.1, -0.05) is 24.3 Å². The van der Waals surface area contributed by atoms with Crippen molar-refractivity contribution in [2.24, 2.45) is 0 Å². The summed E-state index contributed by atoms with van der Waals surface area (Å²) >= 11 is 0. The highest BCUT2D eigenvalue weighted by molar-refractivity contribution is 5.78. The van der Waals surface area contributed by atoms with E-state index in [0.717, 1.165) is 32.6 Å². The van der Waals surface area contributed by atoms with E-state index in [4.69, 9.17) is 4.74 Å². The summed E-state index contributed by atoms with van der Waals surface area (Å²) in [6, 6.07) is 8.43. The molecule has 4 nitrogen and oxygen atoms in total. The van der Waals surface area contributed by atoms with Crippen molar-refractivity contribution in [1.82, 2.24) is 9.80 Å². The molecular weight excluding hydrogens is 264 g/mol. The Balaban J connectivity index is 1.59. The van der Waals surface area contributed by atoms with Gasteiger partial charge in [-0.2, -0.15) is 0 Å². The van der Waals surface area contributed by atoms with Crippen molar-refractivity contribution in [2.75, 3.05) is 26.2 Å². The molecule has 2 atom stereocenters. The quantitative estimate of drug-likeness (QED) is 0.830. The van der Waals surface area contributed by atoms with Gasteiger partial charge in [0.2, 0.25) is 5.91 Å². The molecule has 21 heavy (non-hydrogen) atoms. The normalized spacial score (nSPS) is 26.5. The average molecular weight is 288 g/mol. The van der Waals surface area contributed by atoms with Crippen LogP contribution >= 0.6 is 0 Å². The van der Waals surface area contributed by atoms with Gasteiger partial charge in [-0.15, -0.1) is 0 Å². The second kappa shape index (κ2) is 6.16. The first kappa shape index (κ1) is 14.5. The van der Waals surface area contributed by atoms with Gasteiger partial charge in [0.25, 0.3) is 0 Å². The van der Waals surface area contributed by atoms with Crippen LogP contribution in [0.1, 0.15) is 25.0 Å². The summed E-state index contributed by atoms with van der Waals surface area (Å²) in [7, 11) is 0. The number of fused-ring (bicyclic) bond motifs is 1. The summed E-state index contributed by atoms with van der Waals surface area (Å²) in [4.78, 5) is 16.7. The first-order chi connectivity index (χ1) is 10.1. The van der Waals surface area contributed by atoms with Crippen LogP contribution in [0.2, 0.25) is 0 Å². The van der Waals surface area contributed by atoms with Crippen molar-refractivity contribution in [2.45, 2.75) is 39.0 Å². The Morgan fingerprint density at radius 3 is 2.57 bits per heavy atom. The van der Waals surface area contributed by atoms with Gasteiger partial charge in [-0.3, -0.25) is 9.69 Å². The van der Waals surface area contributed by atoms with Crippen molar-refractivity contribution in [1.29, 1.82) is 0 Å². The second-order valence-electron chi connectivity index (χ2n) is 6.29. The number of carbonyl (C=O) groups excluding carboxylic acids is 1. The lowest BCUT2D eigenvalue weighted by molar-refractivity contribution is -0.136. The van der Waals surface area contributed by atoms with E-state index < -0.39 is 0 Å². The highest BCUT2D eigenvalue weighted by atomic mass is 16.5. The Kier molecular flexibility index (Phi) is 4.27. The van der Waals surface area contributed by atoms with Crippen LogP contribution in [-0.2, 0) is 22.5 Å². The summed E-state index contributed by atoms with van der Waals surface area (Å²) in [6.45, 7) is 7.95. The van der Waals surface area contributed by atoms with Crippen molar-refractivity contribution >= 4 is 5.91 Å². The van der Waals surface area contributed by atoms with Crippen molar-refractivity contribution in [3.05, 3.63) is 35.4 Å². The van der Waals surface area contributed by atoms with E-state index in [-0.39, 0.29) is 18.1 Å². The van der Waals surface area contributed by atoms with Crippen LogP contribution in [-0.4, -0.2) is 54.1 Å². The minimum absolute atomic E-state index is 0.212. The first-order valence-electron chi connectivity index (χ1n) is 7.84. The van der Waals surface area contributed by atoms with Crippen molar-refractivity contribution in [3.63, 3.8) is 0 Å². The molecule has 0 aliphatic carbocycles. The molecule has 1 aromatic rings. The number of morpholine rings is 1. The maximum atomic E-state index is 12.5. The Bertz CT molecular complexity index is 507. The third-order valence-corrected chi connectivity index (χ3v) is 4.34. The molecule has 2 aliphatic rings. The van der Waals surface area contributed by atoms with E-state index in [1.165, 1.54) is 11.1 Å². The van der Waals surface area contributed by atoms with Crippen LogP contribution in [0, 0.1) is 0 Å². The molecule has 1 fully saturated rings. The predicted octanol–water partition coefficient (Wildman–Crippen LogP) is 1.68. The standard InChI is InChI=1S/C17H24N2O2/c1-13-9-18(10-14(2)21-13)12-17(20)19-8-7-15-5-3-4-6-16(15)11-19/h3-6,13-14H,7-12H2,1-2H3. The fraction of sp³-hybridized carbons (Fsp3) is 0.588. The lowest BCUT2D eigenvalue weighted by Gasteiger charge is -2.36. The first-order valence-corrected chi connectivity index (χ1v) is 7.84. The topological polar surface area (TPSA) is 32.8 Å². The zero-order valence-electron chi connectivity index (χ0n) is 12.9. The summed E-state index contributed by atoms with van der Waals surface area (Å²) in [5.41, 5.74) is 2.68. The van der Waals surface area contributed by atoms with Gasteiger partial charge in [0.1, 0.15) is 0 Å². The third kappa shape index (κ3) is 3.44. The molecule has 2 heterocycles. The Labute approximate surface area is 126 Å². The Morgan fingerprint density at radius 2 is 1.86 bits per heavy atom. The average Bonchev–Trinajstić information content (AvgIpc) is 2.45. The molecule has 2 unspecified atom stereocenters.